The molecule has 0 amide bonds. The lowest BCUT2D eigenvalue weighted by atomic mass is 9.83. The van der Waals surface area contributed by atoms with Crippen molar-refractivity contribution >= 4 is 11.8 Å². The summed E-state index contributed by atoms with van der Waals surface area (Å²) < 4.78 is 0.287. The van der Waals surface area contributed by atoms with Gasteiger partial charge in [-0.1, -0.05) is 6.08 Å². The number of carboxylic acid groups (broad SMARTS) is 1. The number of carbonyl (C=O) groups excluding carboxylic acids is 1. The molecule has 98 valence electrons. The summed E-state index contributed by atoms with van der Waals surface area (Å²) in [4.78, 5) is 22.4. The molecule has 0 bridgehead atoms. The van der Waals surface area contributed by atoms with Crippen molar-refractivity contribution in [2.45, 2.75) is 31.4 Å². The van der Waals surface area contributed by atoms with Gasteiger partial charge in [-0.2, -0.15) is 0 Å². The predicted molar refractivity (Wildman–Crippen MR) is 64.5 cm³/mol. The molecule has 0 aromatic heterocycles. The first-order chi connectivity index (χ1) is 7.55. The Kier molecular flexibility index (Phi) is 5.04. The van der Waals surface area contributed by atoms with E-state index in [0.717, 1.165) is 0 Å². The van der Waals surface area contributed by atoms with E-state index in [1.807, 2.05) is 21.1 Å². The van der Waals surface area contributed by atoms with Crippen LogP contribution in [-0.2, 0) is 9.59 Å². The van der Waals surface area contributed by atoms with Gasteiger partial charge in [-0.3, -0.25) is 9.59 Å². The molecule has 0 aromatic rings. The molecule has 0 aromatic carbocycles. The Morgan fingerprint density at radius 2 is 1.88 bits per heavy atom. The van der Waals surface area contributed by atoms with Gasteiger partial charge < -0.3 is 14.7 Å². The third kappa shape index (κ3) is 3.94. The van der Waals surface area contributed by atoms with Crippen LogP contribution in [0.25, 0.3) is 0 Å². The molecule has 0 rings (SSSR count). The van der Waals surface area contributed by atoms with Crippen LogP contribution in [0, 0.1) is 0 Å². The highest BCUT2D eigenvalue weighted by Crippen LogP contribution is 2.27. The van der Waals surface area contributed by atoms with Crippen LogP contribution in [0.4, 0.5) is 0 Å². The molecule has 2 N–H and O–H groups in total. The molecule has 5 heteroatoms. The molecular formula is C12H22NO4+. The minimum atomic E-state index is -1.86. The molecule has 0 aliphatic carbocycles. The van der Waals surface area contributed by atoms with Crippen LogP contribution in [0.3, 0.4) is 0 Å². The van der Waals surface area contributed by atoms with Gasteiger partial charge in [0, 0.05) is 6.42 Å². The number of carboxylic acids is 1. The zero-order valence-corrected chi connectivity index (χ0v) is 10.9. The monoisotopic (exact) mass is 244 g/mol. The van der Waals surface area contributed by atoms with Gasteiger partial charge >= 0.3 is 5.97 Å². The fourth-order valence-corrected chi connectivity index (χ4v) is 2.02. The van der Waals surface area contributed by atoms with Gasteiger partial charge in [0.25, 0.3) is 0 Å². The van der Waals surface area contributed by atoms with Gasteiger partial charge in [0.1, 0.15) is 6.04 Å². The Morgan fingerprint density at radius 3 is 2.12 bits per heavy atom. The van der Waals surface area contributed by atoms with Crippen molar-refractivity contribution in [3.05, 3.63) is 12.7 Å². The van der Waals surface area contributed by atoms with Gasteiger partial charge in [0.2, 0.25) is 0 Å². The molecule has 0 aliphatic rings. The number of Topliss-reactive ketones (excluding diaryl/α,β-unsaturated/α-hetero) is 1. The molecule has 0 fully saturated rings. The molecule has 2 unspecified atom stereocenters. The highest BCUT2D eigenvalue weighted by Gasteiger charge is 2.49. The fourth-order valence-electron chi connectivity index (χ4n) is 2.02. The second-order valence-corrected chi connectivity index (χ2v) is 5.21. The number of carbonyl (C=O) groups is 2. The summed E-state index contributed by atoms with van der Waals surface area (Å²) in [5, 5.41) is 19.2. The minimum Gasteiger partial charge on any atom is -0.481 e. The number of ketones is 1. The Labute approximate surface area is 102 Å². The molecule has 0 heterocycles. The minimum absolute atomic E-state index is 0.287. The van der Waals surface area contributed by atoms with E-state index in [1.165, 1.54) is 6.92 Å². The van der Waals surface area contributed by atoms with Crippen LogP contribution < -0.4 is 0 Å². The van der Waals surface area contributed by atoms with E-state index in [0.29, 0.717) is 6.42 Å². The number of hydrogen-bond acceptors (Lipinski definition) is 3. The molecule has 5 nitrogen and oxygen atoms in total. The van der Waals surface area contributed by atoms with E-state index < -0.39 is 29.8 Å². The number of aliphatic hydroxyl groups is 1. The summed E-state index contributed by atoms with van der Waals surface area (Å²) in [7, 11) is 5.43. The number of likely N-dealkylation sites (N-methyl/N-ethyl adjacent to an activating group) is 1. The van der Waals surface area contributed by atoms with Crippen LogP contribution in [-0.4, -0.2) is 59.2 Å². The predicted octanol–water partition coefficient (Wildman–Crippen LogP) is 0.432. The van der Waals surface area contributed by atoms with E-state index in [2.05, 4.69) is 6.58 Å². The molecule has 0 radical (unpaired) electrons. The lowest BCUT2D eigenvalue weighted by Gasteiger charge is -2.42. The first-order valence-corrected chi connectivity index (χ1v) is 5.43. The normalized spacial score (nSPS) is 17.0. The third-order valence-corrected chi connectivity index (χ3v) is 2.91. The van der Waals surface area contributed by atoms with Crippen LogP contribution >= 0.6 is 0 Å². The van der Waals surface area contributed by atoms with E-state index in [1.54, 1.807) is 6.08 Å². The quantitative estimate of drug-likeness (QED) is 0.503. The maximum atomic E-state index is 11.6. The van der Waals surface area contributed by atoms with Crippen LogP contribution in [0.5, 0.6) is 0 Å². The largest absolute Gasteiger partial charge is 0.481 e. The molecule has 17 heavy (non-hydrogen) atoms. The molecule has 0 saturated heterocycles. The summed E-state index contributed by atoms with van der Waals surface area (Å²) in [6, 6.07) is -0.534. The van der Waals surface area contributed by atoms with Crippen molar-refractivity contribution in [2.24, 2.45) is 0 Å². The standard InChI is InChI=1S/C12H21NO4/c1-6-7-10(13(3,4)5)12(17,9(2)14)8-11(15)16/h6,10,17H,1,7-8H2,2-5H3/p+1. The van der Waals surface area contributed by atoms with Gasteiger partial charge in [-0.25, -0.2) is 0 Å². The summed E-state index contributed by atoms with van der Waals surface area (Å²) in [5.74, 6) is -1.72. The highest BCUT2D eigenvalue weighted by atomic mass is 16.4. The Morgan fingerprint density at radius 1 is 1.41 bits per heavy atom. The smallest absolute Gasteiger partial charge is 0.307 e. The van der Waals surface area contributed by atoms with Crippen LogP contribution in [0.1, 0.15) is 19.8 Å². The van der Waals surface area contributed by atoms with Gasteiger partial charge in [-0.05, 0) is 6.92 Å². The van der Waals surface area contributed by atoms with Crippen molar-refractivity contribution in [1.82, 2.24) is 0 Å². The molecular weight excluding hydrogens is 222 g/mol. The summed E-state index contributed by atoms with van der Waals surface area (Å²) in [6.45, 7) is 4.80. The maximum Gasteiger partial charge on any atom is 0.307 e. The summed E-state index contributed by atoms with van der Waals surface area (Å²) >= 11 is 0. The molecule has 2 atom stereocenters. The first-order valence-electron chi connectivity index (χ1n) is 5.43. The van der Waals surface area contributed by atoms with E-state index in [9.17, 15) is 14.7 Å². The number of hydrogen-bond donors (Lipinski definition) is 2. The number of rotatable bonds is 7. The van der Waals surface area contributed by atoms with Crippen molar-refractivity contribution < 1.29 is 24.3 Å². The van der Waals surface area contributed by atoms with E-state index >= 15 is 0 Å². The van der Waals surface area contributed by atoms with Crippen molar-refractivity contribution in [1.29, 1.82) is 0 Å². The molecule has 0 aliphatic heterocycles. The zero-order chi connectivity index (χ0) is 13.9. The van der Waals surface area contributed by atoms with E-state index in [4.69, 9.17) is 5.11 Å². The molecule has 0 spiro atoms. The summed E-state index contributed by atoms with van der Waals surface area (Å²) in [6.07, 6.45) is 1.37. The lowest BCUT2D eigenvalue weighted by Crippen LogP contribution is -2.62. The average Bonchev–Trinajstić information content (AvgIpc) is 2.10. The van der Waals surface area contributed by atoms with Crippen molar-refractivity contribution in [3.8, 4) is 0 Å². The molecule has 0 saturated carbocycles. The fraction of sp³-hybridized carbons (Fsp3) is 0.667. The zero-order valence-electron chi connectivity index (χ0n) is 10.9. The highest BCUT2D eigenvalue weighted by molar-refractivity contribution is 5.89. The number of quaternary nitrogens is 1. The Balaban J connectivity index is 5.44. The third-order valence-electron chi connectivity index (χ3n) is 2.91. The second kappa shape index (κ2) is 5.42. The van der Waals surface area contributed by atoms with Gasteiger partial charge in [0.15, 0.2) is 11.4 Å². The Bertz CT molecular complexity index is 319. The van der Waals surface area contributed by atoms with Crippen molar-refractivity contribution in [3.63, 3.8) is 0 Å². The van der Waals surface area contributed by atoms with E-state index in [-0.39, 0.29) is 4.48 Å². The van der Waals surface area contributed by atoms with Gasteiger partial charge in [0.05, 0.1) is 27.6 Å². The average molecular weight is 244 g/mol. The first kappa shape index (κ1) is 15.8. The van der Waals surface area contributed by atoms with Crippen molar-refractivity contribution in [2.75, 3.05) is 21.1 Å². The number of nitrogens with zero attached hydrogens (tertiary/aromatic N) is 1. The topological polar surface area (TPSA) is 74.6 Å². The van der Waals surface area contributed by atoms with Crippen LogP contribution in [0.15, 0.2) is 12.7 Å². The SMILES string of the molecule is C=CCC(C(O)(CC(=O)O)C(C)=O)[N+](C)(C)C. The summed E-state index contributed by atoms with van der Waals surface area (Å²) in [5.41, 5.74) is -1.86. The lowest BCUT2D eigenvalue weighted by molar-refractivity contribution is -0.901. The maximum absolute atomic E-state index is 11.6. The number of aliphatic carboxylic acids is 1. The van der Waals surface area contributed by atoms with Gasteiger partial charge in [-0.15, -0.1) is 6.58 Å². The second-order valence-electron chi connectivity index (χ2n) is 5.21. The Hall–Kier alpha value is -1.20. The van der Waals surface area contributed by atoms with Crippen LogP contribution in [0.2, 0.25) is 0 Å².